The van der Waals surface area contributed by atoms with Crippen LogP contribution in [-0.2, 0) is 10.0 Å². The lowest BCUT2D eigenvalue weighted by molar-refractivity contribution is 0.0981. The highest BCUT2D eigenvalue weighted by Gasteiger charge is 2.25. The molecule has 0 atom stereocenters. The Bertz CT molecular complexity index is 1570. The van der Waals surface area contributed by atoms with Crippen LogP contribution in [0.2, 0.25) is 0 Å². The van der Waals surface area contributed by atoms with Gasteiger partial charge in [0.2, 0.25) is 0 Å². The molecule has 5 rings (SSSR count). The van der Waals surface area contributed by atoms with Crippen LogP contribution >= 0.6 is 0 Å². The summed E-state index contributed by atoms with van der Waals surface area (Å²) in [6.45, 7) is 0. The summed E-state index contributed by atoms with van der Waals surface area (Å²) in [5.41, 5.74) is 1.33. The number of amides is 1. The molecule has 0 bridgehead atoms. The van der Waals surface area contributed by atoms with Crippen LogP contribution in [0.1, 0.15) is 48.5 Å². The van der Waals surface area contributed by atoms with Gasteiger partial charge < -0.3 is 4.74 Å². The molecular weight excluding hydrogens is 478 g/mol. The molecule has 1 aliphatic carbocycles. The zero-order chi connectivity index (χ0) is 25.3. The highest BCUT2D eigenvalue weighted by atomic mass is 32.2. The second-order valence-electron chi connectivity index (χ2n) is 8.93. The maximum Gasteiger partial charge on any atom is 0.279 e. The molecule has 8 nitrogen and oxygen atoms in total. The minimum atomic E-state index is -4.10. The number of nitrogens with one attached hydrogen (secondary N) is 1. The zero-order valence-electron chi connectivity index (χ0n) is 19.9. The van der Waals surface area contributed by atoms with E-state index < -0.39 is 15.9 Å². The lowest BCUT2D eigenvalue weighted by atomic mass is 9.95. The van der Waals surface area contributed by atoms with Gasteiger partial charge in [-0.05, 0) is 67.4 Å². The third kappa shape index (κ3) is 4.42. The molecule has 186 valence electrons. The van der Waals surface area contributed by atoms with E-state index in [1.165, 1.54) is 43.9 Å². The fourth-order valence-electron chi connectivity index (χ4n) is 4.86. The predicted octanol–water partition coefficient (Wildman–Crippen LogP) is 4.42. The fraction of sp³-hybridized carbons (Fsp3) is 0.259. The number of methoxy groups -OCH3 is 1. The Hall–Kier alpha value is -3.85. The van der Waals surface area contributed by atoms with Crippen molar-refractivity contribution in [3.05, 3.63) is 88.7 Å². The van der Waals surface area contributed by atoms with Gasteiger partial charge in [-0.25, -0.2) is 17.8 Å². The SMILES string of the molecule is COc1ccc(S(=O)(=O)NC(=O)c2ccc3c(c2)c(=O)n(-c2ccccc2)n3C2CCCCC2)cc1. The van der Waals surface area contributed by atoms with E-state index in [1.54, 1.807) is 16.8 Å². The zero-order valence-corrected chi connectivity index (χ0v) is 20.7. The summed E-state index contributed by atoms with van der Waals surface area (Å²) in [5, 5.41) is 0.374. The molecule has 0 aliphatic heterocycles. The van der Waals surface area contributed by atoms with E-state index in [2.05, 4.69) is 4.72 Å². The van der Waals surface area contributed by atoms with Gasteiger partial charge in [-0.15, -0.1) is 0 Å². The number of sulfonamides is 1. The number of ether oxygens (including phenoxy) is 1. The standard InChI is InChI=1S/C27H27N3O5S/c1-35-22-13-15-23(16-14-22)36(33,34)28-26(31)19-12-17-25-24(18-19)27(32)30(21-10-6-3-7-11-21)29(25)20-8-4-2-5-9-20/h3,6-7,10-18,20H,2,4-5,8-9H2,1H3,(H,28,31). The van der Waals surface area contributed by atoms with Crippen molar-refractivity contribution in [1.29, 1.82) is 0 Å². The molecule has 36 heavy (non-hydrogen) atoms. The van der Waals surface area contributed by atoms with Gasteiger partial charge in [-0.3, -0.25) is 14.3 Å². The summed E-state index contributed by atoms with van der Waals surface area (Å²) in [7, 11) is -2.62. The van der Waals surface area contributed by atoms with Gasteiger partial charge >= 0.3 is 0 Å². The van der Waals surface area contributed by atoms with Crippen LogP contribution < -0.4 is 15.0 Å². The summed E-state index contributed by atoms with van der Waals surface area (Å²) in [6, 6.07) is 20.1. The van der Waals surface area contributed by atoms with E-state index in [-0.39, 0.29) is 22.1 Å². The Morgan fingerprint density at radius 2 is 1.64 bits per heavy atom. The average molecular weight is 506 g/mol. The van der Waals surface area contributed by atoms with Gasteiger partial charge in [0.05, 0.1) is 34.6 Å². The Kier molecular flexibility index (Phi) is 6.40. The fourth-order valence-corrected chi connectivity index (χ4v) is 5.83. The van der Waals surface area contributed by atoms with Crippen molar-refractivity contribution in [2.45, 2.75) is 43.0 Å². The maximum absolute atomic E-state index is 13.6. The first-order chi connectivity index (χ1) is 17.4. The minimum Gasteiger partial charge on any atom is -0.497 e. The molecule has 1 saturated carbocycles. The highest BCUT2D eigenvalue weighted by molar-refractivity contribution is 7.90. The van der Waals surface area contributed by atoms with Crippen LogP contribution in [0.3, 0.4) is 0 Å². The number of para-hydroxylation sites is 1. The van der Waals surface area contributed by atoms with Crippen molar-refractivity contribution in [3.8, 4) is 11.4 Å². The summed E-state index contributed by atoms with van der Waals surface area (Å²) < 4.78 is 36.4. The minimum absolute atomic E-state index is 0.0624. The van der Waals surface area contributed by atoms with Crippen molar-refractivity contribution in [3.63, 3.8) is 0 Å². The second kappa shape index (κ2) is 9.66. The third-order valence-corrected chi connectivity index (χ3v) is 8.01. The van der Waals surface area contributed by atoms with Gasteiger partial charge in [0.25, 0.3) is 21.5 Å². The molecule has 1 aromatic heterocycles. The lowest BCUT2D eigenvalue weighted by Gasteiger charge is -2.26. The normalized spacial score (nSPS) is 14.6. The van der Waals surface area contributed by atoms with Crippen LogP contribution in [0.15, 0.2) is 82.5 Å². The highest BCUT2D eigenvalue weighted by Crippen LogP contribution is 2.32. The second-order valence-corrected chi connectivity index (χ2v) is 10.6. The molecule has 0 unspecified atom stereocenters. The lowest BCUT2D eigenvalue weighted by Crippen LogP contribution is -2.30. The topological polar surface area (TPSA) is 99.4 Å². The van der Waals surface area contributed by atoms with Gasteiger partial charge in [0, 0.05) is 5.56 Å². The number of hydrogen-bond acceptors (Lipinski definition) is 5. The van der Waals surface area contributed by atoms with E-state index in [4.69, 9.17) is 4.74 Å². The van der Waals surface area contributed by atoms with Crippen molar-refractivity contribution in [2.75, 3.05) is 7.11 Å². The maximum atomic E-state index is 13.6. The Balaban J connectivity index is 1.54. The average Bonchev–Trinajstić information content (AvgIpc) is 3.21. The number of aromatic nitrogens is 2. The molecule has 9 heteroatoms. The van der Waals surface area contributed by atoms with E-state index in [0.29, 0.717) is 11.1 Å². The smallest absolute Gasteiger partial charge is 0.279 e. The summed E-state index contributed by atoms with van der Waals surface area (Å²) in [4.78, 5) is 26.5. The van der Waals surface area contributed by atoms with E-state index in [0.717, 1.165) is 36.9 Å². The molecule has 0 saturated heterocycles. The summed E-state index contributed by atoms with van der Waals surface area (Å²) in [5.74, 6) is -0.299. The van der Waals surface area contributed by atoms with Crippen LogP contribution in [0.4, 0.5) is 0 Å². The van der Waals surface area contributed by atoms with Crippen molar-refractivity contribution < 1.29 is 17.9 Å². The molecule has 4 aromatic rings. The molecule has 1 aliphatic rings. The first-order valence-corrected chi connectivity index (χ1v) is 13.4. The number of nitrogens with zero attached hydrogens (tertiary/aromatic N) is 2. The quantitative estimate of drug-likeness (QED) is 0.418. The number of rotatable bonds is 6. The number of benzene rings is 3. The monoisotopic (exact) mass is 505 g/mol. The molecule has 1 N–H and O–H groups in total. The first-order valence-electron chi connectivity index (χ1n) is 11.9. The number of fused-ring (bicyclic) bond motifs is 1. The van der Waals surface area contributed by atoms with Gasteiger partial charge in [0.15, 0.2) is 0 Å². The van der Waals surface area contributed by atoms with Gasteiger partial charge in [0.1, 0.15) is 5.75 Å². The Morgan fingerprint density at radius 1 is 0.944 bits per heavy atom. The molecule has 1 heterocycles. The molecule has 1 amide bonds. The number of carbonyl (C=O) groups excluding carboxylic acids is 1. The van der Waals surface area contributed by atoms with Gasteiger partial charge in [-0.1, -0.05) is 37.5 Å². The van der Waals surface area contributed by atoms with Crippen molar-refractivity contribution in [2.24, 2.45) is 0 Å². The molecule has 3 aromatic carbocycles. The largest absolute Gasteiger partial charge is 0.497 e. The van der Waals surface area contributed by atoms with Gasteiger partial charge in [-0.2, -0.15) is 0 Å². The first kappa shape index (κ1) is 23.9. The van der Waals surface area contributed by atoms with Crippen LogP contribution in [0.25, 0.3) is 16.6 Å². The van der Waals surface area contributed by atoms with Crippen LogP contribution in [0, 0.1) is 0 Å². The van der Waals surface area contributed by atoms with Crippen molar-refractivity contribution >= 4 is 26.8 Å². The Morgan fingerprint density at radius 3 is 2.31 bits per heavy atom. The summed E-state index contributed by atoms with van der Waals surface area (Å²) in [6.07, 6.45) is 5.31. The Labute approximate surface area is 209 Å². The molecule has 1 fully saturated rings. The number of hydrogen-bond donors (Lipinski definition) is 1. The summed E-state index contributed by atoms with van der Waals surface area (Å²) >= 11 is 0. The predicted molar refractivity (Wildman–Crippen MR) is 137 cm³/mol. The number of carbonyl (C=O) groups is 1. The van der Waals surface area contributed by atoms with Crippen molar-refractivity contribution in [1.82, 2.24) is 14.1 Å². The van der Waals surface area contributed by atoms with E-state index in [9.17, 15) is 18.0 Å². The molecule has 0 spiro atoms. The van der Waals surface area contributed by atoms with E-state index in [1.807, 2.05) is 35.0 Å². The molecule has 0 radical (unpaired) electrons. The van der Waals surface area contributed by atoms with Crippen LogP contribution in [-0.4, -0.2) is 30.8 Å². The van der Waals surface area contributed by atoms with E-state index >= 15 is 0 Å². The van der Waals surface area contributed by atoms with Crippen LogP contribution in [0.5, 0.6) is 5.75 Å². The third-order valence-electron chi connectivity index (χ3n) is 6.66. The molecular formula is C27H27N3O5S.